The fraction of sp³-hybridized carbons (Fsp3) is 0.421. The van der Waals surface area contributed by atoms with Crippen LogP contribution < -0.4 is 16.1 Å². The van der Waals surface area contributed by atoms with Crippen LogP contribution in [0.15, 0.2) is 45.3 Å². The van der Waals surface area contributed by atoms with Crippen molar-refractivity contribution in [2.24, 2.45) is 0 Å². The number of piperazine rings is 1. The van der Waals surface area contributed by atoms with Crippen molar-refractivity contribution in [3.8, 4) is 0 Å². The highest BCUT2D eigenvalue weighted by Crippen LogP contribution is 2.34. The van der Waals surface area contributed by atoms with Gasteiger partial charge >= 0.3 is 0 Å². The van der Waals surface area contributed by atoms with Crippen molar-refractivity contribution in [3.63, 3.8) is 0 Å². The van der Waals surface area contributed by atoms with Gasteiger partial charge in [-0.05, 0) is 56.7 Å². The molecule has 8 nitrogen and oxygen atoms in total. The molecule has 9 heteroatoms. The minimum Gasteiger partial charge on any atom is -0.466 e. The highest BCUT2D eigenvalue weighted by Gasteiger charge is 2.58. The summed E-state index contributed by atoms with van der Waals surface area (Å²) in [6, 6.07) is 11.2. The summed E-state index contributed by atoms with van der Waals surface area (Å²) in [4.78, 5) is 13.1. The number of epoxide rings is 1. The lowest BCUT2D eigenvalue weighted by Crippen LogP contribution is -2.67. The number of furan rings is 1. The van der Waals surface area contributed by atoms with Gasteiger partial charge in [-0.2, -0.15) is 5.43 Å². The van der Waals surface area contributed by atoms with E-state index in [1.807, 2.05) is 50.2 Å². The summed E-state index contributed by atoms with van der Waals surface area (Å²) in [5.74, 6) is 1.49. The van der Waals surface area contributed by atoms with Crippen molar-refractivity contribution < 1.29 is 19.1 Å². The number of halogens is 1. The summed E-state index contributed by atoms with van der Waals surface area (Å²) in [5, 5.41) is 17.9. The van der Waals surface area contributed by atoms with Crippen LogP contribution in [0.5, 0.6) is 0 Å². The van der Waals surface area contributed by atoms with Crippen molar-refractivity contribution in [1.82, 2.24) is 15.8 Å². The Morgan fingerprint density at radius 3 is 2.75 bits per heavy atom. The summed E-state index contributed by atoms with van der Waals surface area (Å²) in [6.07, 6.45) is -0.681. The molecule has 1 aromatic carbocycles. The SMILES string of the molecule is Cc1ccc(CCC2(C)NC3OC3N(NC(O)Nc3ccc(Br)cc3)C2=O)o1. The lowest BCUT2D eigenvalue weighted by molar-refractivity contribution is -0.149. The van der Waals surface area contributed by atoms with E-state index < -0.39 is 18.1 Å². The molecule has 0 saturated carbocycles. The van der Waals surface area contributed by atoms with Crippen molar-refractivity contribution in [2.75, 3.05) is 5.32 Å². The molecule has 0 aliphatic carbocycles. The number of rotatable bonds is 7. The third-order valence-corrected chi connectivity index (χ3v) is 5.48. The maximum atomic E-state index is 13.1. The van der Waals surface area contributed by atoms with Gasteiger partial charge in [0, 0.05) is 16.6 Å². The second-order valence-corrected chi connectivity index (χ2v) is 8.21. The van der Waals surface area contributed by atoms with E-state index in [-0.39, 0.29) is 12.1 Å². The number of fused-ring (bicyclic) bond motifs is 1. The Morgan fingerprint density at radius 2 is 2.07 bits per heavy atom. The largest absolute Gasteiger partial charge is 0.466 e. The van der Waals surface area contributed by atoms with Gasteiger partial charge in [0.25, 0.3) is 5.91 Å². The fourth-order valence-electron chi connectivity index (χ4n) is 3.34. The van der Waals surface area contributed by atoms with E-state index in [9.17, 15) is 9.90 Å². The maximum Gasteiger partial charge on any atom is 0.259 e. The molecule has 0 spiro atoms. The summed E-state index contributed by atoms with van der Waals surface area (Å²) < 4.78 is 12.1. The Balaban J connectivity index is 1.39. The first-order valence-electron chi connectivity index (χ1n) is 9.12. The van der Waals surface area contributed by atoms with Crippen LogP contribution in [0.2, 0.25) is 0 Å². The molecule has 0 radical (unpaired) electrons. The summed E-state index contributed by atoms with van der Waals surface area (Å²) in [6.45, 7) is 3.73. The van der Waals surface area contributed by atoms with Crippen LogP contribution in [0.1, 0.15) is 24.9 Å². The number of amides is 1. The molecule has 4 unspecified atom stereocenters. The molecule has 28 heavy (non-hydrogen) atoms. The molecule has 4 rings (SSSR count). The zero-order valence-corrected chi connectivity index (χ0v) is 17.2. The monoisotopic (exact) mass is 450 g/mol. The van der Waals surface area contributed by atoms with Crippen molar-refractivity contribution in [1.29, 1.82) is 0 Å². The molecule has 1 amide bonds. The Hall–Kier alpha value is -1.91. The van der Waals surface area contributed by atoms with Gasteiger partial charge in [0.2, 0.25) is 0 Å². The Bertz CT molecular complexity index is 858. The topological polar surface area (TPSA) is 102 Å². The number of aryl methyl sites for hydroxylation is 2. The molecule has 3 heterocycles. The van der Waals surface area contributed by atoms with E-state index in [2.05, 4.69) is 32.0 Å². The van der Waals surface area contributed by atoms with E-state index in [0.717, 1.165) is 21.7 Å². The first kappa shape index (κ1) is 19.4. The summed E-state index contributed by atoms with van der Waals surface area (Å²) in [7, 11) is 0. The number of nitrogens with one attached hydrogen (secondary N) is 3. The van der Waals surface area contributed by atoms with E-state index in [0.29, 0.717) is 12.8 Å². The molecular formula is C19H23BrN4O4. The van der Waals surface area contributed by atoms with Crippen LogP contribution in [0.25, 0.3) is 0 Å². The number of hydrazine groups is 1. The van der Waals surface area contributed by atoms with Crippen LogP contribution in [0.3, 0.4) is 0 Å². The fourth-order valence-corrected chi connectivity index (χ4v) is 3.60. The molecule has 0 bridgehead atoms. The molecule has 1 aromatic heterocycles. The number of aliphatic hydroxyl groups is 1. The summed E-state index contributed by atoms with van der Waals surface area (Å²) in [5.41, 5.74) is 2.70. The first-order chi connectivity index (χ1) is 13.3. The van der Waals surface area contributed by atoms with Gasteiger partial charge in [0.1, 0.15) is 11.5 Å². The number of anilines is 1. The maximum absolute atomic E-state index is 13.1. The molecule has 2 aliphatic rings. The molecule has 2 aromatic rings. The van der Waals surface area contributed by atoms with Crippen LogP contribution >= 0.6 is 15.9 Å². The molecule has 2 fully saturated rings. The Labute approximate surface area is 171 Å². The van der Waals surface area contributed by atoms with Crippen LogP contribution in [0.4, 0.5) is 5.69 Å². The first-order valence-corrected chi connectivity index (χ1v) is 9.92. The quantitative estimate of drug-likeness (QED) is 0.378. The zero-order chi connectivity index (χ0) is 19.9. The highest BCUT2D eigenvalue weighted by molar-refractivity contribution is 9.10. The summed E-state index contributed by atoms with van der Waals surface area (Å²) >= 11 is 3.37. The van der Waals surface area contributed by atoms with Gasteiger partial charge in [0.05, 0.1) is 5.54 Å². The van der Waals surface area contributed by atoms with Gasteiger partial charge in [0.15, 0.2) is 18.8 Å². The van der Waals surface area contributed by atoms with E-state index >= 15 is 0 Å². The standard InChI is InChI=1S/C19H23BrN4O4/c1-11-3-8-14(27-11)9-10-19(2)17(25)24(16-15(22-19)28-16)23-18(26)21-13-6-4-12(20)5-7-13/h3-8,15-16,18,21-23,26H,9-10H2,1-2H3. The van der Waals surface area contributed by atoms with Gasteiger partial charge < -0.3 is 19.6 Å². The molecule has 4 atom stereocenters. The number of ether oxygens (including phenoxy) is 1. The average Bonchev–Trinajstić information content (AvgIpc) is 3.29. The number of carbonyl (C=O) groups is 1. The predicted octanol–water partition coefficient (Wildman–Crippen LogP) is 2.05. The number of hydrogen-bond acceptors (Lipinski definition) is 7. The number of benzene rings is 1. The number of nitrogens with zero attached hydrogens (tertiary/aromatic N) is 1. The third kappa shape index (κ3) is 4.08. The van der Waals surface area contributed by atoms with Crippen molar-refractivity contribution in [2.45, 2.75) is 51.0 Å². The van der Waals surface area contributed by atoms with Gasteiger partial charge in [-0.15, -0.1) is 0 Å². The minimum absolute atomic E-state index is 0.189. The highest BCUT2D eigenvalue weighted by atomic mass is 79.9. The van der Waals surface area contributed by atoms with Crippen LogP contribution in [-0.4, -0.2) is 40.4 Å². The number of hydrogen-bond donors (Lipinski definition) is 4. The Kier molecular flexibility index (Phi) is 5.19. The van der Waals surface area contributed by atoms with Crippen LogP contribution in [-0.2, 0) is 16.0 Å². The smallest absolute Gasteiger partial charge is 0.259 e. The molecule has 150 valence electrons. The van der Waals surface area contributed by atoms with Gasteiger partial charge in [-0.3, -0.25) is 10.1 Å². The van der Waals surface area contributed by atoms with Crippen molar-refractivity contribution in [3.05, 3.63) is 52.4 Å². The van der Waals surface area contributed by atoms with Crippen LogP contribution in [0, 0.1) is 6.92 Å². The van der Waals surface area contributed by atoms with Crippen molar-refractivity contribution >= 4 is 27.5 Å². The zero-order valence-electron chi connectivity index (χ0n) is 15.6. The number of aliphatic hydroxyl groups excluding tert-OH is 1. The van der Waals surface area contributed by atoms with Gasteiger partial charge in [-0.25, -0.2) is 5.01 Å². The third-order valence-electron chi connectivity index (χ3n) is 4.95. The lowest BCUT2D eigenvalue weighted by Gasteiger charge is -2.38. The molecule has 4 N–H and O–H groups in total. The average molecular weight is 451 g/mol. The molecule has 2 aliphatic heterocycles. The predicted molar refractivity (Wildman–Crippen MR) is 106 cm³/mol. The van der Waals surface area contributed by atoms with E-state index in [1.54, 1.807) is 0 Å². The second-order valence-electron chi connectivity index (χ2n) is 7.29. The molecular weight excluding hydrogens is 428 g/mol. The number of carbonyl (C=O) groups excluding carboxylic acids is 1. The lowest BCUT2D eigenvalue weighted by atomic mass is 9.92. The minimum atomic E-state index is -1.15. The normalized spacial score (nSPS) is 27.4. The van der Waals surface area contributed by atoms with E-state index in [4.69, 9.17) is 9.15 Å². The molecule has 2 saturated heterocycles. The van der Waals surface area contributed by atoms with E-state index in [1.165, 1.54) is 5.01 Å². The Morgan fingerprint density at radius 1 is 1.32 bits per heavy atom. The second kappa shape index (κ2) is 7.49. The van der Waals surface area contributed by atoms with Gasteiger partial charge in [-0.1, -0.05) is 15.9 Å².